The Morgan fingerprint density at radius 2 is 2.30 bits per heavy atom. The molecule has 3 rings (SSSR count). The van der Waals surface area contributed by atoms with E-state index in [9.17, 15) is 0 Å². The molecule has 4 heteroatoms. The van der Waals surface area contributed by atoms with Gasteiger partial charge in [0.05, 0.1) is 18.4 Å². The lowest BCUT2D eigenvalue weighted by Gasteiger charge is -2.20. The van der Waals surface area contributed by atoms with Gasteiger partial charge in [-0.3, -0.25) is 9.88 Å². The summed E-state index contributed by atoms with van der Waals surface area (Å²) in [5.74, 6) is 0.527. The zero-order chi connectivity index (χ0) is 13.9. The number of aromatic nitrogens is 1. The van der Waals surface area contributed by atoms with E-state index in [1.807, 2.05) is 0 Å². The number of nitrogens with zero attached hydrogens (tertiary/aromatic N) is 2. The highest BCUT2D eigenvalue weighted by molar-refractivity contribution is 5.27. The highest BCUT2D eigenvalue weighted by Crippen LogP contribution is 2.28. The molecular weight excluding hydrogens is 252 g/mol. The second-order valence-electron chi connectivity index (χ2n) is 5.93. The minimum atomic E-state index is 0.387. The summed E-state index contributed by atoms with van der Waals surface area (Å²) in [5.41, 5.74) is 3.72. The molecule has 110 valence electrons. The van der Waals surface area contributed by atoms with E-state index in [0.29, 0.717) is 12.0 Å². The molecular formula is C16H24N2O2. The van der Waals surface area contributed by atoms with Gasteiger partial charge in [0, 0.05) is 45.0 Å². The van der Waals surface area contributed by atoms with Gasteiger partial charge in [0.1, 0.15) is 0 Å². The summed E-state index contributed by atoms with van der Waals surface area (Å²) in [4.78, 5) is 7.25. The van der Waals surface area contributed by atoms with Crippen LogP contribution in [0.4, 0.5) is 0 Å². The molecule has 0 amide bonds. The van der Waals surface area contributed by atoms with Crippen LogP contribution in [0, 0.1) is 6.92 Å². The topological polar surface area (TPSA) is 34.6 Å². The molecule has 1 aromatic heterocycles. The van der Waals surface area contributed by atoms with Gasteiger partial charge in [-0.05, 0) is 31.4 Å². The molecule has 3 heterocycles. The summed E-state index contributed by atoms with van der Waals surface area (Å²) in [5, 5.41) is 0. The molecule has 0 aromatic carbocycles. The van der Waals surface area contributed by atoms with Crippen LogP contribution in [0.1, 0.15) is 35.7 Å². The van der Waals surface area contributed by atoms with Crippen LogP contribution in [-0.2, 0) is 16.0 Å². The number of hydrogen-bond donors (Lipinski definition) is 0. The minimum Gasteiger partial charge on any atom is -0.381 e. The average molecular weight is 276 g/mol. The molecule has 4 nitrogen and oxygen atoms in total. The number of pyridine rings is 1. The Morgan fingerprint density at radius 3 is 3.00 bits per heavy atom. The lowest BCUT2D eigenvalue weighted by atomic mass is 9.96. The van der Waals surface area contributed by atoms with Crippen LogP contribution in [0.25, 0.3) is 0 Å². The Bertz CT molecular complexity index is 458. The SMILES string of the molecule is CO[C@H]1CCN(Cc2nc(C)ccc2[C@@H]2CCOC2)C1. The van der Waals surface area contributed by atoms with Crippen molar-refractivity contribution in [3.63, 3.8) is 0 Å². The van der Waals surface area contributed by atoms with E-state index >= 15 is 0 Å². The summed E-state index contributed by atoms with van der Waals surface area (Å²) in [6.07, 6.45) is 2.64. The van der Waals surface area contributed by atoms with Gasteiger partial charge in [-0.25, -0.2) is 0 Å². The van der Waals surface area contributed by atoms with E-state index in [-0.39, 0.29) is 0 Å². The van der Waals surface area contributed by atoms with Gasteiger partial charge in [-0.2, -0.15) is 0 Å². The van der Waals surface area contributed by atoms with Crippen LogP contribution in [0.3, 0.4) is 0 Å². The first-order valence-corrected chi connectivity index (χ1v) is 7.55. The van der Waals surface area contributed by atoms with Crippen molar-refractivity contribution in [2.45, 2.75) is 38.3 Å². The molecule has 20 heavy (non-hydrogen) atoms. The van der Waals surface area contributed by atoms with Gasteiger partial charge in [0.2, 0.25) is 0 Å². The highest BCUT2D eigenvalue weighted by Gasteiger charge is 2.26. The Balaban J connectivity index is 1.75. The number of methoxy groups -OCH3 is 1. The fourth-order valence-corrected chi connectivity index (χ4v) is 3.24. The smallest absolute Gasteiger partial charge is 0.0710 e. The number of aryl methyl sites for hydroxylation is 1. The van der Waals surface area contributed by atoms with Crippen molar-refractivity contribution < 1.29 is 9.47 Å². The normalized spacial score (nSPS) is 27.3. The van der Waals surface area contributed by atoms with Crippen LogP contribution in [0.5, 0.6) is 0 Å². The predicted molar refractivity (Wildman–Crippen MR) is 77.8 cm³/mol. The van der Waals surface area contributed by atoms with Crippen molar-refractivity contribution in [2.24, 2.45) is 0 Å². The Kier molecular flexibility index (Phi) is 4.34. The molecule has 0 radical (unpaired) electrons. The Hall–Kier alpha value is -0.970. The summed E-state index contributed by atoms with van der Waals surface area (Å²) in [6.45, 7) is 6.86. The second kappa shape index (κ2) is 6.20. The van der Waals surface area contributed by atoms with E-state index in [2.05, 4.69) is 24.0 Å². The summed E-state index contributed by atoms with van der Waals surface area (Å²) in [7, 11) is 1.81. The fraction of sp³-hybridized carbons (Fsp3) is 0.688. The van der Waals surface area contributed by atoms with Crippen LogP contribution in [-0.4, -0.2) is 49.4 Å². The maximum absolute atomic E-state index is 5.54. The predicted octanol–water partition coefficient (Wildman–Crippen LogP) is 2.11. The monoisotopic (exact) mass is 276 g/mol. The summed E-state index contributed by atoms with van der Waals surface area (Å²) in [6, 6.07) is 4.37. The van der Waals surface area contributed by atoms with Crippen molar-refractivity contribution >= 4 is 0 Å². The highest BCUT2D eigenvalue weighted by atomic mass is 16.5. The van der Waals surface area contributed by atoms with Crippen molar-refractivity contribution in [1.29, 1.82) is 0 Å². The molecule has 0 spiro atoms. The molecule has 2 fully saturated rings. The molecule has 2 saturated heterocycles. The van der Waals surface area contributed by atoms with Gasteiger partial charge < -0.3 is 9.47 Å². The molecule has 0 N–H and O–H groups in total. The molecule has 2 aliphatic rings. The third-order valence-electron chi connectivity index (χ3n) is 4.45. The number of rotatable bonds is 4. The summed E-state index contributed by atoms with van der Waals surface area (Å²) >= 11 is 0. The number of ether oxygens (including phenoxy) is 2. The average Bonchev–Trinajstić information content (AvgIpc) is 3.10. The van der Waals surface area contributed by atoms with Crippen LogP contribution in [0.15, 0.2) is 12.1 Å². The standard InChI is InChI=1S/C16H24N2O2/c1-12-3-4-15(13-6-8-20-11-13)16(17-12)10-18-7-5-14(9-18)19-2/h3-4,13-14H,5-11H2,1-2H3/t13-,14+/m1/s1. The van der Waals surface area contributed by atoms with Gasteiger partial charge in [0.25, 0.3) is 0 Å². The van der Waals surface area contributed by atoms with Crippen molar-refractivity contribution in [2.75, 3.05) is 33.4 Å². The van der Waals surface area contributed by atoms with Gasteiger partial charge >= 0.3 is 0 Å². The van der Waals surface area contributed by atoms with Gasteiger partial charge in [-0.15, -0.1) is 0 Å². The number of hydrogen-bond acceptors (Lipinski definition) is 4. The zero-order valence-corrected chi connectivity index (χ0v) is 12.5. The maximum Gasteiger partial charge on any atom is 0.0710 e. The molecule has 0 bridgehead atoms. The van der Waals surface area contributed by atoms with E-state index in [0.717, 1.165) is 51.4 Å². The Labute approximate surface area is 121 Å². The first-order chi connectivity index (χ1) is 9.76. The van der Waals surface area contributed by atoms with E-state index < -0.39 is 0 Å². The molecule has 2 aliphatic heterocycles. The zero-order valence-electron chi connectivity index (χ0n) is 12.5. The van der Waals surface area contributed by atoms with Crippen LogP contribution >= 0.6 is 0 Å². The van der Waals surface area contributed by atoms with Crippen LogP contribution in [0.2, 0.25) is 0 Å². The van der Waals surface area contributed by atoms with E-state index in [1.165, 1.54) is 11.3 Å². The van der Waals surface area contributed by atoms with Crippen molar-refractivity contribution in [1.82, 2.24) is 9.88 Å². The minimum absolute atomic E-state index is 0.387. The second-order valence-corrected chi connectivity index (χ2v) is 5.93. The lowest BCUT2D eigenvalue weighted by Crippen LogP contribution is -2.24. The van der Waals surface area contributed by atoms with Gasteiger partial charge in [0.15, 0.2) is 0 Å². The first kappa shape index (κ1) is 14.0. The third kappa shape index (κ3) is 3.03. The maximum atomic E-state index is 5.54. The quantitative estimate of drug-likeness (QED) is 0.843. The van der Waals surface area contributed by atoms with Gasteiger partial charge in [-0.1, -0.05) is 6.07 Å². The lowest BCUT2D eigenvalue weighted by molar-refractivity contribution is 0.107. The van der Waals surface area contributed by atoms with E-state index in [4.69, 9.17) is 14.5 Å². The first-order valence-electron chi connectivity index (χ1n) is 7.55. The molecule has 2 atom stereocenters. The largest absolute Gasteiger partial charge is 0.381 e. The summed E-state index contributed by atoms with van der Waals surface area (Å²) < 4.78 is 11.0. The van der Waals surface area contributed by atoms with Crippen molar-refractivity contribution in [3.05, 3.63) is 29.1 Å². The van der Waals surface area contributed by atoms with Crippen LogP contribution < -0.4 is 0 Å². The fourth-order valence-electron chi connectivity index (χ4n) is 3.24. The van der Waals surface area contributed by atoms with E-state index in [1.54, 1.807) is 7.11 Å². The third-order valence-corrected chi connectivity index (χ3v) is 4.45. The molecule has 1 aromatic rings. The molecule has 0 saturated carbocycles. The van der Waals surface area contributed by atoms with Crippen molar-refractivity contribution in [3.8, 4) is 0 Å². The molecule has 0 unspecified atom stereocenters. The molecule has 0 aliphatic carbocycles. The Morgan fingerprint density at radius 1 is 1.40 bits per heavy atom. The number of likely N-dealkylation sites (tertiary alicyclic amines) is 1.